The Morgan fingerprint density at radius 2 is 1.46 bits per heavy atom. The van der Waals surface area contributed by atoms with Crippen molar-refractivity contribution < 1.29 is 14.2 Å². The summed E-state index contributed by atoms with van der Waals surface area (Å²) in [5, 5.41) is 14.1. The normalized spacial score (nSPS) is 11.1. The van der Waals surface area contributed by atoms with Crippen LogP contribution in [-0.4, -0.2) is 62.6 Å². The molecule has 0 amide bonds. The Bertz CT molecular complexity index is 1620. The van der Waals surface area contributed by atoms with Gasteiger partial charge in [0.1, 0.15) is 0 Å². The molecule has 12 heteroatoms. The summed E-state index contributed by atoms with van der Waals surface area (Å²) in [4.78, 5) is 18.2. The van der Waals surface area contributed by atoms with Gasteiger partial charge in [0.2, 0.25) is 10.9 Å². The van der Waals surface area contributed by atoms with Crippen LogP contribution in [0.2, 0.25) is 0 Å². The van der Waals surface area contributed by atoms with E-state index in [2.05, 4.69) is 15.5 Å². The summed E-state index contributed by atoms with van der Waals surface area (Å²) in [7, 11) is 4.69. The number of nitrogens with zero attached hydrogens (tertiary/aromatic N) is 6. The van der Waals surface area contributed by atoms with Crippen LogP contribution in [0.25, 0.3) is 22.3 Å². The molecule has 0 saturated carbocycles. The molecule has 0 aliphatic carbocycles. The van der Waals surface area contributed by atoms with Gasteiger partial charge in [0, 0.05) is 23.6 Å². The van der Waals surface area contributed by atoms with E-state index >= 15 is 0 Å². The SMILES string of the molecule is COc1cc(-n2nnnc2SCCCSc2nc3ccccc3c(=O)n2-c2ccccc2)cc(OC)c1OC. The number of hydrogen-bond donors (Lipinski definition) is 0. The maximum atomic E-state index is 13.4. The predicted molar refractivity (Wildman–Crippen MR) is 152 cm³/mol. The average Bonchev–Trinajstić information content (AvgIpc) is 3.45. The van der Waals surface area contributed by atoms with Gasteiger partial charge < -0.3 is 14.2 Å². The molecule has 2 aromatic heterocycles. The molecule has 0 aliphatic heterocycles. The molecule has 200 valence electrons. The Balaban J connectivity index is 1.30. The number of rotatable bonds is 11. The molecule has 0 unspecified atom stereocenters. The van der Waals surface area contributed by atoms with Crippen molar-refractivity contribution in [3.8, 4) is 28.6 Å². The number of thioether (sulfide) groups is 2. The number of aromatic nitrogens is 6. The summed E-state index contributed by atoms with van der Waals surface area (Å²) < 4.78 is 19.7. The molecule has 0 spiro atoms. The maximum Gasteiger partial charge on any atom is 0.266 e. The molecule has 10 nitrogen and oxygen atoms in total. The van der Waals surface area contributed by atoms with Crippen LogP contribution in [-0.2, 0) is 0 Å². The third kappa shape index (κ3) is 5.57. The van der Waals surface area contributed by atoms with E-state index in [4.69, 9.17) is 19.2 Å². The van der Waals surface area contributed by atoms with Crippen LogP contribution in [0.3, 0.4) is 0 Å². The molecule has 0 fully saturated rings. The number of benzene rings is 3. The first-order valence-corrected chi connectivity index (χ1v) is 14.0. The monoisotopic (exact) mass is 562 g/mol. The first-order valence-electron chi connectivity index (χ1n) is 12.1. The van der Waals surface area contributed by atoms with Gasteiger partial charge in [0.05, 0.1) is 43.6 Å². The van der Waals surface area contributed by atoms with Gasteiger partial charge in [-0.25, -0.2) is 4.98 Å². The van der Waals surface area contributed by atoms with Crippen molar-refractivity contribution in [1.82, 2.24) is 29.8 Å². The minimum atomic E-state index is -0.0757. The Labute approximate surface area is 233 Å². The Morgan fingerprint density at radius 1 is 0.795 bits per heavy atom. The number of tetrazole rings is 1. The van der Waals surface area contributed by atoms with Crippen molar-refractivity contribution in [2.24, 2.45) is 0 Å². The van der Waals surface area contributed by atoms with E-state index in [9.17, 15) is 4.79 Å². The first kappa shape index (κ1) is 26.6. The lowest BCUT2D eigenvalue weighted by Crippen LogP contribution is -2.21. The van der Waals surface area contributed by atoms with Crippen LogP contribution in [0.15, 0.2) is 81.8 Å². The number of hydrogen-bond acceptors (Lipinski definition) is 10. The van der Waals surface area contributed by atoms with Crippen molar-refractivity contribution in [3.63, 3.8) is 0 Å². The fraction of sp³-hybridized carbons (Fsp3) is 0.222. The third-order valence-corrected chi connectivity index (χ3v) is 7.88. The van der Waals surface area contributed by atoms with Gasteiger partial charge in [-0.05, 0) is 41.1 Å². The lowest BCUT2D eigenvalue weighted by atomic mass is 10.2. The smallest absolute Gasteiger partial charge is 0.266 e. The topological polar surface area (TPSA) is 106 Å². The zero-order chi connectivity index (χ0) is 27.2. The molecule has 3 aromatic carbocycles. The van der Waals surface area contributed by atoms with Crippen LogP contribution in [0, 0.1) is 0 Å². The van der Waals surface area contributed by atoms with Gasteiger partial charge in [0.25, 0.3) is 5.56 Å². The van der Waals surface area contributed by atoms with Gasteiger partial charge in [-0.1, -0.05) is 53.9 Å². The number of fused-ring (bicyclic) bond motifs is 1. The van der Waals surface area contributed by atoms with Crippen molar-refractivity contribution in [1.29, 1.82) is 0 Å². The zero-order valence-corrected chi connectivity index (χ0v) is 23.2. The highest BCUT2D eigenvalue weighted by atomic mass is 32.2. The summed E-state index contributed by atoms with van der Waals surface area (Å²) in [5.41, 5.74) is 2.10. The molecule has 0 bridgehead atoms. The fourth-order valence-electron chi connectivity index (χ4n) is 4.02. The highest BCUT2D eigenvalue weighted by Crippen LogP contribution is 2.39. The Hall–Kier alpha value is -4.03. The van der Waals surface area contributed by atoms with Crippen molar-refractivity contribution in [2.45, 2.75) is 16.7 Å². The van der Waals surface area contributed by atoms with Crippen LogP contribution in [0.5, 0.6) is 17.2 Å². The van der Waals surface area contributed by atoms with Crippen molar-refractivity contribution in [3.05, 3.63) is 77.1 Å². The molecule has 0 saturated heterocycles. The van der Waals surface area contributed by atoms with Gasteiger partial charge in [-0.3, -0.25) is 9.36 Å². The van der Waals surface area contributed by atoms with E-state index in [1.807, 2.05) is 54.6 Å². The largest absolute Gasteiger partial charge is 0.493 e. The third-order valence-electron chi connectivity index (χ3n) is 5.85. The molecular formula is C27H26N6O4S2. The fourth-order valence-corrected chi connectivity index (χ4v) is 5.98. The summed E-state index contributed by atoms with van der Waals surface area (Å²) in [6.45, 7) is 0. The minimum Gasteiger partial charge on any atom is -0.493 e. The number of para-hydroxylation sites is 2. The molecule has 0 atom stereocenters. The van der Waals surface area contributed by atoms with Crippen molar-refractivity contribution >= 4 is 34.4 Å². The zero-order valence-electron chi connectivity index (χ0n) is 21.6. The second kappa shape index (κ2) is 12.2. The van der Waals surface area contributed by atoms with Gasteiger partial charge >= 0.3 is 0 Å². The highest BCUT2D eigenvalue weighted by molar-refractivity contribution is 8.00. The summed E-state index contributed by atoms with van der Waals surface area (Å²) >= 11 is 3.09. The van der Waals surface area contributed by atoms with Crippen LogP contribution < -0.4 is 19.8 Å². The summed E-state index contributed by atoms with van der Waals surface area (Å²) in [5.74, 6) is 3.06. The molecule has 0 radical (unpaired) electrons. The average molecular weight is 563 g/mol. The van der Waals surface area contributed by atoms with E-state index in [1.165, 1.54) is 11.8 Å². The van der Waals surface area contributed by atoms with Gasteiger partial charge in [-0.15, -0.1) is 5.10 Å². The van der Waals surface area contributed by atoms with E-state index in [-0.39, 0.29) is 5.56 Å². The molecular weight excluding hydrogens is 536 g/mol. The summed E-state index contributed by atoms with van der Waals surface area (Å²) in [6, 6.07) is 20.6. The summed E-state index contributed by atoms with van der Waals surface area (Å²) in [6.07, 6.45) is 0.842. The van der Waals surface area contributed by atoms with E-state index in [0.29, 0.717) is 44.2 Å². The van der Waals surface area contributed by atoms with Crippen LogP contribution >= 0.6 is 23.5 Å². The molecule has 0 N–H and O–H groups in total. The predicted octanol–water partition coefficient (Wildman–Crippen LogP) is 4.66. The van der Waals surface area contributed by atoms with Crippen LogP contribution in [0.1, 0.15) is 6.42 Å². The van der Waals surface area contributed by atoms with E-state index in [0.717, 1.165) is 23.6 Å². The Morgan fingerprint density at radius 3 is 2.15 bits per heavy atom. The highest BCUT2D eigenvalue weighted by Gasteiger charge is 2.18. The maximum absolute atomic E-state index is 13.4. The lowest BCUT2D eigenvalue weighted by Gasteiger charge is -2.14. The Kier molecular flexibility index (Phi) is 8.33. The molecule has 5 rings (SSSR count). The molecule has 0 aliphatic rings. The molecule has 2 heterocycles. The number of ether oxygens (including phenoxy) is 3. The standard InChI is InChI=1S/C27H26N6O4S2/c1-35-22-16-19(17-23(36-2)24(22)37-3)33-27(29-30-31-33)39-15-9-14-38-26-28-21-13-8-7-12-20(21)25(34)32(26)18-10-5-4-6-11-18/h4-8,10-13,16-17H,9,14-15H2,1-3H3. The lowest BCUT2D eigenvalue weighted by molar-refractivity contribution is 0.324. The number of methoxy groups -OCH3 is 3. The quantitative estimate of drug-likeness (QED) is 0.128. The van der Waals surface area contributed by atoms with Crippen molar-refractivity contribution in [2.75, 3.05) is 32.8 Å². The second-order valence-corrected chi connectivity index (χ2v) is 10.3. The van der Waals surface area contributed by atoms with E-state index in [1.54, 1.807) is 54.5 Å². The van der Waals surface area contributed by atoms with E-state index < -0.39 is 0 Å². The van der Waals surface area contributed by atoms with Gasteiger partial charge in [-0.2, -0.15) is 4.68 Å². The van der Waals surface area contributed by atoms with Gasteiger partial charge in [0.15, 0.2) is 16.7 Å². The second-order valence-electron chi connectivity index (χ2n) is 8.19. The van der Waals surface area contributed by atoms with Crippen LogP contribution in [0.4, 0.5) is 0 Å². The molecule has 5 aromatic rings. The first-order chi connectivity index (χ1) is 19.1. The molecule has 39 heavy (non-hydrogen) atoms. The minimum absolute atomic E-state index is 0.0757.